The van der Waals surface area contributed by atoms with Gasteiger partial charge in [0.15, 0.2) is 0 Å². The van der Waals surface area contributed by atoms with Crippen molar-refractivity contribution < 1.29 is 18.8 Å². The Morgan fingerprint density at radius 3 is 2.07 bits per heavy atom. The highest BCUT2D eigenvalue weighted by Crippen LogP contribution is 2.41. The fourth-order valence-corrected chi connectivity index (χ4v) is 11.0. The maximum atomic E-state index is 13.6. The molecule has 3 aromatic rings. The average molecular weight is 585 g/mol. The van der Waals surface area contributed by atoms with Crippen LogP contribution in [0.15, 0.2) is 78.9 Å². The third kappa shape index (κ3) is 5.98. The van der Waals surface area contributed by atoms with Crippen molar-refractivity contribution in [2.45, 2.75) is 89.9 Å². The van der Waals surface area contributed by atoms with E-state index >= 15 is 0 Å². The van der Waals surface area contributed by atoms with E-state index in [0.717, 1.165) is 30.6 Å². The molecule has 1 saturated heterocycles. The highest BCUT2D eigenvalue weighted by molar-refractivity contribution is 7.00. The first-order chi connectivity index (χ1) is 19.9. The first-order valence-electron chi connectivity index (χ1n) is 15.1. The highest BCUT2D eigenvalue weighted by atomic mass is 28.4. The molecular formula is C35H44N2O4Si. The van der Waals surface area contributed by atoms with Gasteiger partial charge in [0.1, 0.15) is 17.4 Å². The third-order valence-corrected chi connectivity index (χ3v) is 13.3. The SMILES string of the molecule is CC(C)(C)OC(=O)N[C@H]1CCN([C@@H]2CCCc3ccc(O[Si](c4ccccc4)(c4ccccc4)C(C)(C)C)cc32)C1=O. The zero-order valence-electron chi connectivity index (χ0n) is 25.8. The van der Waals surface area contributed by atoms with Crippen LogP contribution in [0.1, 0.15) is 78.0 Å². The van der Waals surface area contributed by atoms with E-state index in [2.05, 4.69) is 105 Å². The minimum Gasteiger partial charge on any atom is -0.534 e. The van der Waals surface area contributed by atoms with E-state index in [1.165, 1.54) is 15.9 Å². The van der Waals surface area contributed by atoms with Crippen LogP contribution in [0, 0.1) is 0 Å². The number of rotatable bonds is 6. The maximum Gasteiger partial charge on any atom is 0.408 e. The number of alkyl carbamates (subject to hydrolysis) is 1. The summed E-state index contributed by atoms with van der Waals surface area (Å²) < 4.78 is 12.7. The molecule has 0 spiro atoms. The predicted molar refractivity (Wildman–Crippen MR) is 170 cm³/mol. The van der Waals surface area contributed by atoms with Crippen molar-refractivity contribution in [1.82, 2.24) is 10.2 Å². The summed E-state index contributed by atoms with van der Waals surface area (Å²) in [6.07, 6.45) is 2.91. The van der Waals surface area contributed by atoms with Gasteiger partial charge in [-0.25, -0.2) is 4.79 Å². The van der Waals surface area contributed by atoms with Crippen molar-refractivity contribution in [3.63, 3.8) is 0 Å². The number of aryl methyl sites for hydroxylation is 1. The molecule has 2 aliphatic rings. The smallest absolute Gasteiger partial charge is 0.408 e. The summed E-state index contributed by atoms with van der Waals surface area (Å²) in [4.78, 5) is 27.9. The third-order valence-electron chi connectivity index (χ3n) is 8.39. The second-order valence-corrected chi connectivity index (χ2v) is 17.8. The zero-order chi connectivity index (χ0) is 30.1. The minimum atomic E-state index is -2.79. The van der Waals surface area contributed by atoms with E-state index in [0.29, 0.717) is 13.0 Å². The number of amides is 2. The first-order valence-corrected chi connectivity index (χ1v) is 17.0. The van der Waals surface area contributed by atoms with Crippen LogP contribution in [0.4, 0.5) is 4.79 Å². The highest BCUT2D eigenvalue weighted by Gasteiger charge is 2.52. The lowest BCUT2D eigenvalue weighted by molar-refractivity contribution is -0.131. The monoisotopic (exact) mass is 584 g/mol. The summed E-state index contributed by atoms with van der Waals surface area (Å²) in [5.41, 5.74) is 1.80. The normalized spacial score (nSPS) is 19.3. The number of hydrogen-bond donors (Lipinski definition) is 1. The molecule has 1 fully saturated rings. The van der Waals surface area contributed by atoms with Gasteiger partial charge in [-0.1, -0.05) is 87.5 Å². The summed E-state index contributed by atoms with van der Waals surface area (Å²) >= 11 is 0. The van der Waals surface area contributed by atoms with Crippen LogP contribution < -0.4 is 20.1 Å². The summed E-state index contributed by atoms with van der Waals surface area (Å²) in [6, 6.07) is 27.2. The molecule has 2 amide bonds. The Hall–Kier alpha value is -3.58. The molecule has 1 aliphatic carbocycles. The number of nitrogens with one attached hydrogen (secondary N) is 1. The molecule has 5 rings (SSSR count). The van der Waals surface area contributed by atoms with Crippen LogP contribution in [-0.4, -0.2) is 43.4 Å². The molecule has 0 aromatic heterocycles. The Morgan fingerprint density at radius 1 is 0.881 bits per heavy atom. The maximum absolute atomic E-state index is 13.6. The number of carbonyl (C=O) groups is 2. The fourth-order valence-electron chi connectivity index (χ4n) is 6.56. The van der Waals surface area contributed by atoms with Gasteiger partial charge in [0, 0.05) is 6.54 Å². The van der Waals surface area contributed by atoms with Gasteiger partial charge in [-0.2, -0.15) is 0 Å². The topological polar surface area (TPSA) is 67.9 Å². The van der Waals surface area contributed by atoms with Gasteiger partial charge in [-0.3, -0.25) is 4.79 Å². The minimum absolute atomic E-state index is 0.0444. The van der Waals surface area contributed by atoms with Gasteiger partial charge in [-0.15, -0.1) is 0 Å². The summed E-state index contributed by atoms with van der Waals surface area (Å²) in [5.74, 6) is 0.794. The molecule has 2 atom stereocenters. The molecule has 1 aliphatic heterocycles. The summed E-state index contributed by atoms with van der Waals surface area (Å²) in [6.45, 7) is 12.9. The average Bonchev–Trinajstić information content (AvgIpc) is 3.29. The number of nitrogens with zero attached hydrogens (tertiary/aromatic N) is 1. The lowest BCUT2D eigenvalue weighted by Gasteiger charge is -2.43. The van der Waals surface area contributed by atoms with Crippen LogP contribution in [-0.2, 0) is 16.0 Å². The Balaban J connectivity index is 1.48. The van der Waals surface area contributed by atoms with E-state index < -0.39 is 26.1 Å². The molecule has 0 radical (unpaired) electrons. The van der Waals surface area contributed by atoms with Crippen molar-refractivity contribution in [3.05, 3.63) is 90.0 Å². The number of fused-ring (bicyclic) bond motifs is 1. The number of likely N-dealkylation sites (tertiary alicyclic amines) is 1. The first kappa shape index (κ1) is 29.9. The van der Waals surface area contributed by atoms with Gasteiger partial charge < -0.3 is 19.4 Å². The van der Waals surface area contributed by atoms with Gasteiger partial charge >= 0.3 is 14.4 Å². The van der Waals surface area contributed by atoms with Gasteiger partial charge in [-0.05, 0) is 85.1 Å². The van der Waals surface area contributed by atoms with Crippen molar-refractivity contribution in [1.29, 1.82) is 0 Å². The van der Waals surface area contributed by atoms with Crippen LogP contribution in [0.25, 0.3) is 0 Å². The predicted octanol–water partition coefficient (Wildman–Crippen LogP) is 6.13. The van der Waals surface area contributed by atoms with Crippen LogP contribution in [0.5, 0.6) is 5.75 Å². The molecule has 1 heterocycles. The van der Waals surface area contributed by atoms with E-state index in [1.54, 1.807) is 0 Å². The largest absolute Gasteiger partial charge is 0.534 e. The molecule has 0 unspecified atom stereocenters. The van der Waals surface area contributed by atoms with Gasteiger partial charge in [0.2, 0.25) is 5.91 Å². The van der Waals surface area contributed by atoms with Crippen molar-refractivity contribution in [2.24, 2.45) is 0 Å². The summed E-state index contributed by atoms with van der Waals surface area (Å²) in [5, 5.41) is 5.10. The molecule has 42 heavy (non-hydrogen) atoms. The van der Waals surface area contributed by atoms with E-state index in [4.69, 9.17) is 9.16 Å². The zero-order valence-corrected chi connectivity index (χ0v) is 26.8. The van der Waals surface area contributed by atoms with Crippen LogP contribution >= 0.6 is 0 Å². The van der Waals surface area contributed by atoms with Crippen molar-refractivity contribution >= 4 is 30.7 Å². The Kier molecular flexibility index (Phi) is 8.25. The molecule has 0 bridgehead atoms. The van der Waals surface area contributed by atoms with Gasteiger partial charge in [0.25, 0.3) is 0 Å². The van der Waals surface area contributed by atoms with Crippen LogP contribution in [0.2, 0.25) is 5.04 Å². The standard InChI is InChI=1S/C35H44N2O4Si/c1-34(2,3)40-33(39)36-30-22-23-37(32(30)38)31-19-13-14-25-20-21-26(24-29(25)31)41-42(35(4,5)6,27-15-9-7-10-16-27)28-17-11-8-12-18-28/h7-12,15-18,20-21,24,30-31H,13-14,19,22-23H2,1-6H3,(H,36,39)/t30-,31+/m0/s1. The molecule has 7 heteroatoms. The van der Waals surface area contributed by atoms with E-state index in [9.17, 15) is 9.59 Å². The number of benzene rings is 3. The molecule has 0 saturated carbocycles. The Bertz CT molecular complexity index is 1370. The lowest BCUT2D eigenvalue weighted by atomic mass is 9.86. The van der Waals surface area contributed by atoms with E-state index in [1.807, 2.05) is 25.7 Å². The molecular weight excluding hydrogens is 540 g/mol. The molecule has 3 aromatic carbocycles. The van der Waals surface area contributed by atoms with Crippen LogP contribution in [0.3, 0.4) is 0 Å². The molecule has 222 valence electrons. The van der Waals surface area contributed by atoms with Crippen molar-refractivity contribution in [2.75, 3.05) is 6.54 Å². The fraction of sp³-hybridized carbons (Fsp3) is 0.429. The summed E-state index contributed by atoms with van der Waals surface area (Å²) in [7, 11) is -2.79. The number of ether oxygens (including phenoxy) is 1. The molecule has 1 N–H and O–H groups in total. The van der Waals surface area contributed by atoms with Crippen molar-refractivity contribution in [3.8, 4) is 5.75 Å². The number of hydrogen-bond acceptors (Lipinski definition) is 4. The van der Waals surface area contributed by atoms with E-state index in [-0.39, 0.29) is 17.0 Å². The quantitative estimate of drug-likeness (QED) is 0.354. The molecule has 6 nitrogen and oxygen atoms in total. The second-order valence-electron chi connectivity index (χ2n) is 13.6. The number of carbonyl (C=O) groups excluding carboxylic acids is 2. The Morgan fingerprint density at radius 2 is 1.50 bits per heavy atom. The van der Waals surface area contributed by atoms with Gasteiger partial charge in [0.05, 0.1) is 6.04 Å². The Labute approximate surface area is 251 Å². The second kappa shape index (κ2) is 11.6. The lowest BCUT2D eigenvalue weighted by Crippen LogP contribution is -2.68.